The lowest BCUT2D eigenvalue weighted by atomic mass is 9.96. The van der Waals surface area contributed by atoms with Gasteiger partial charge in [-0.1, -0.05) is 23.7 Å². The summed E-state index contributed by atoms with van der Waals surface area (Å²) >= 11 is 6.33. The number of benzene rings is 1. The largest absolute Gasteiger partial charge is 0.444 e. The van der Waals surface area contributed by atoms with Crippen molar-refractivity contribution in [3.8, 4) is 17.3 Å². The van der Waals surface area contributed by atoms with E-state index in [2.05, 4.69) is 15.4 Å². The van der Waals surface area contributed by atoms with E-state index < -0.39 is 27.9 Å². The average Bonchev–Trinajstić information content (AvgIpc) is 3.74. The molecule has 0 bridgehead atoms. The molecule has 2 aliphatic rings. The molecule has 1 saturated heterocycles. The van der Waals surface area contributed by atoms with Crippen LogP contribution in [0.15, 0.2) is 53.6 Å². The van der Waals surface area contributed by atoms with E-state index in [9.17, 15) is 14.0 Å². The summed E-state index contributed by atoms with van der Waals surface area (Å²) in [6.07, 6.45) is 5.20. The first-order chi connectivity index (χ1) is 21.1. The highest BCUT2D eigenvalue weighted by atomic mass is 35.5. The van der Waals surface area contributed by atoms with Crippen LogP contribution in [0.2, 0.25) is 5.02 Å². The van der Waals surface area contributed by atoms with Crippen LogP contribution in [0.1, 0.15) is 72.8 Å². The molecule has 1 N–H and O–H groups in total. The van der Waals surface area contributed by atoms with Gasteiger partial charge in [0.1, 0.15) is 16.4 Å². The van der Waals surface area contributed by atoms with Gasteiger partial charge in [0.25, 0.3) is 5.56 Å². The van der Waals surface area contributed by atoms with Crippen LogP contribution >= 0.6 is 11.6 Å². The SMILES string of the molecule is CC(C)(C)OC(=O)N(C(C)(C)C)C1(c2ccc(Oc3ccc(-n4ncc(NC[C@]5(F)CCCOC5)c(Cl)c4=O)cn3)cc2)CC1. The van der Waals surface area contributed by atoms with Gasteiger partial charge in [0.15, 0.2) is 5.67 Å². The fraction of sp³-hybridized carbons (Fsp3) is 0.515. The molecule has 242 valence electrons. The summed E-state index contributed by atoms with van der Waals surface area (Å²) in [5.41, 5.74) is -1.93. The first kappa shape index (κ1) is 32.7. The number of halogens is 2. The fourth-order valence-electron chi connectivity index (χ4n) is 5.62. The number of pyridine rings is 1. The van der Waals surface area contributed by atoms with E-state index in [4.69, 9.17) is 25.8 Å². The predicted octanol–water partition coefficient (Wildman–Crippen LogP) is 7.03. The summed E-state index contributed by atoms with van der Waals surface area (Å²) < 4.78 is 33.0. The minimum absolute atomic E-state index is 0.00295. The maximum absolute atomic E-state index is 14.9. The van der Waals surface area contributed by atoms with Gasteiger partial charge in [-0.2, -0.15) is 9.78 Å². The Kier molecular flexibility index (Phi) is 8.89. The Morgan fingerprint density at radius 1 is 1.09 bits per heavy atom. The molecule has 1 saturated carbocycles. The normalized spacial score (nSPS) is 19.5. The van der Waals surface area contributed by atoms with Crippen molar-refractivity contribution < 1.29 is 23.4 Å². The van der Waals surface area contributed by atoms with Gasteiger partial charge in [0.05, 0.1) is 42.5 Å². The van der Waals surface area contributed by atoms with E-state index in [0.717, 1.165) is 23.1 Å². The Bertz CT molecular complexity index is 1570. The van der Waals surface area contributed by atoms with Crippen LogP contribution in [0.25, 0.3) is 5.69 Å². The smallest absolute Gasteiger partial charge is 0.411 e. The molecule has 0 spiro atoms. The molecule has 12 heteroatoms. The van der Waals surface area contributed by atoms with Gasteiger partial charge in [-0.25, -0.2) is 14.2 Å². The zero-order valence-corrected chi connectivity index (χ0v) is 27.4. The number of aromatic nitrogens is 3. The zero-order valence-electron chi connectivity index (χ0n) is 26.7. The summed E-state index contributed by atoms with van der Waals surface area (Å²) in [6, 6.07) is 10.9. The first-order valence-corrected chi connectivity index (χ1v) is 15.5. The van der Waals surface area contributed by atoms with E-state index >= 15 is 0 Å². The van der Waals surface area contributed by atoms with Crippen LogP contribution in [0, 0.1) is 0 Å². The van der Waals surface area contributed by atoms with Crippen LogP contribution in [0.5, 0.6) is 11.6 Å². The molecule has 0 unspecified atom stereocenters. The number of nitrogens with one attached hydrogen (secondary N) is 1. The molecule has 2 aromatic heterocycles. The number of hydrogen-bond donors (Lipinski definition) is 1. The van der Waals surface area contributed by atoms with Crippen LogP contribution in [0.3, 0.4) is 0 Å². The summed E-state index contributed by atoms with van der Waals surface area (Å²) in [6.45, 7) is 12.2. The van der Waals surface area contributed by atoms with Gasteiger partial charge < -0.3 is 19.5 Å². The third kappa shape index (κ3) is 7.41. The van der Waals surface area contributed by atoms with Gasteiger partial charge >= 0.3 is 6.09 Å². The maximum atomic E-state index is 14.9. The molecule has 1 aliphatic carbocycles. The van der Waals surface area contributed by atoms with Crippen molar-refractivity contribution in [3.63, 3.8) is 0 Å². The van der Waals surface area contributed by atoms with Crippen molar-refractivity contribution >= 4 is 23.4 Å². The van der Waals surface area contributed by atoms with Crippen LogP contribution in [-0.2, 0) is 15.0 Å². The topological polar surface area (TPSA) is 108 Å². The van der Waals surface area contributed by atoms with Gasteiger partial charge in [0, 0.05) is 18.2 Å². The number of carbonyl (C=O) groups is 1. The highest BCUT2D eigenvalue weighted by Gasteiger charge is 2.56. The van der Waals surface area contributed by atoms with Crippen molar-refractivity contribution in [1.82, 2.24) is 19.7 Å². The second-order valence-corrected chi connectivity index (χ2v) is 14.1. The monoisotopic (exact) mass is 641 g/mol. The Hall–Kier alpha value is -3.70. The second kappa shape index (κ2) is 12.2. The number of carbonyl (C=O) groups excluding carboxylic acids is 1. The number of nitrogens with zero attached hydrogens (tertiary/aromatic N) is 4. The van der Waals surface area contributed by atoms with Crippen LogP contribution < -0.4 is 15.6 Å². The molecule has 1 atom stereocenters. The average molecular weight is 642 g/mol. The van der Waals surface area contributed by atoms with E-state index in [1.165, 1.54) is 12.4 Å². The number of rotatable bonds is 8. The fourth-order valence-corrected chi connectivity index (χ4v) is 5.82. The molecule has 3 heterocycles. The van der Waals surface area contributed by atoms with Gasteiger partial charge in [0.2, 0.25) is 5.88 Å². The number of alkyl halides is 1. The lowest BCUT2D eigenvalue weighted by Crippen LogP contribution is -2.53. The molecule has 1 amide bonds. The van der Waals surface area contributed by atoms with Crippen molar-refractivity contribution in [2.75, 3.05) is 25.1 Å². The number of hydrogen-bond acceptors (Lipinski definition) is 8. The van der Waals surface area contributed by atoms with Gasteiger partial charge in [-0.15, -0.1) is 0 Å². The summed E-state index contributed by atoms with van der Waals surface area (Å²) in [5, 5.41) is 7.00. The zero-order chi connectivity index (χ0) is 32.6. The molecular weight excluding hydrogens is 601 g/mol. The number of amides is 1. The quantitative estimate of drug-likeness (QED) is 0.279. The standard InChI is InChI=1S/C33H41ClFN5O5/c1-30(2,3)40(29(42)45-31(4,5)6)33(15-16-33)22-8-11-24(12-9-22)44-26-13-10-23(18-36-26)39-28(41)27(34)25(19-38-39)37-20-32(35)14-7-17-43-21-32/h8-13,18-19,37H,7,14-17,20-21H2,1-6H3/t32-/m1/s1. The minimum atomic E-state index is -1.53. The molecule has 1 aromatic carbocycles. The lowest BCUT2D eigenvalue weighted by molar-refractivity contribution is -0.0234. The molecule has 45 heavy (non-hydrogen) atoms. The molecule has 1 aliphatic heterocycles. The summed E-state index contributed by atoms with van der Waals surface area (Å²) in [5.74, 6) is 0.884. The van der Waals surface area contributed by atoms with E-state index in [1.807, 2.05) is 70.7 Å². The highest BCUT2D eigenvalue weighted by Crippen LogP contribution is 2.54. The Labute approximate surface area is 267 Å². The molecule has 5 rings (SSSR count). The van der Waals surface area contributed by atoms with Crippen LogP contribution in [0.4, 0.5) is 14.9 Å². The molecule has 10 nitrogen and oxygen atoms in total. The number of anilines is 1. The third-order valence-electron chi connectivity index (χ3n) is 7.77. The molecule has 2 fully saturated rings. The molecule has 0 radical (unpaired) electrons. The van der Waals surface area contributed by atoms with Gasteiger partial charge in [-0.3, -0.25) is 9.69 Å². The third-order valence-corrected chi connectivity index (χ3v) is 8.13. The lowest BCUT2D eigenvalue weighted by Gasteiger charge is -2.43. The van der Waals surface area contributed by atoms with Crippen LogP contribution in [-0.4, -0.2) is 62.3 Å². The van der Waals surface area contributed by atoms with Crippen molar-refractivity contribution in [2.24, 2.45) is 0 Å². The summed E-state index contributed by atoms with van der Waals surface area (Å²) in [7, 11) is 0. The van der Waals surface area contributed by atoms with Crippen molar-refractivity contribution in [2.45, 2.75) is 89.6 Å². The Balaban J connectivity index is 1.26. The van der Waals surface area contributed by atoms with Gasteiger partial charge in [-0.05, 0) is 91.0 Å². The Morgan fingerprint density at radius 3 is 2.36 bits per heavy atom. The second-order valence-electron chi connectivity index (χ2n) is 13.7. The van der Waals surface area contributed by atoms with Crippen molar-refractivity contribution in [1.29, 1.82) is 0 Å². The van der Waals surface area contributed by atoms with E-state index in [0.29, 0.717) is 36.8 Å². The minimum Gasteiger partial charge on any atom is -0.444 e. The summed E-state index contributed by atoms with van der Waals surface area (Å²) in [4.78, 5) is 32.4. The Morgan fingerprint density at radius 2 is 1.80 bits per heavy atom. The first-order valence-electron chi connectivity index (χ1n) is 15.2. The number of ether oxygens (including phenoxy) is 3. The molecular formula is C33H41ClFN5O5. The van der Waals surface area contributed by atoms with E-state index in [-0.39, 0.29) is 30.0 Å². The highest BCUT2D eigenvalue weighted by molar-refractivity contribution is 6.32. The maximum Gasteiger partial charge on any atom is 0.411 e. The predicted molar refractivity (Wildman–Crippen MR) is 170 cm³/mol. The van der Waals surface area contributed by atoms with Crippen molar-refractivity contribution in [3.05, 3.63) is 69.7 Å². The molecule has 3 aromatic rings. The van der Waals surface area contributed by atoms with E-state index in [1.54, 1.807) is 12.1 Å².